The number of carbonyl (C=O) groups excluding carboxylic acids is 2. The molecule has 5 nitrogen and oxygen atoms in total. The molecule has 0 fully saturated rings. The van der Waals surface area contributed by atoms with Crippen LogP contribution in [0.1, 0.15) is 32.8 Å². The molecule has 7 heteroatoms. The SMILES string of the molecule is CCC(C(=O)NC(C)C)N(Cc1ccc(Cl)cc1)C(=O)COc1ccccc1F. The fourth-order valence-corrected chi connectivity index (χ4v) is 3.00. The zero-order valence-corrected chi connectivity index (χ0v) is 17.6. The Labute approximate surface area is 175 Å². The van der Waals surface area contributed by atoms with Crippen molar-refractivity contribution in [2.45, 2.75) is 45.8 Å². The molecule has 0 heterocycles. The number of halogens is 2. The van der Waals surface area contributed by atoms with E-state index in [2.05, 4.69) is 5.32 Å². The molecule has 2 amide bonds. The van der Waals surface area contributed by atoms with Crippen molar-refractivity contribution < 1.29 is 18.7 Å². The number of nitrogens with one attached hydrogen (secondary N) is 1. The van der Waals surface area contributed by atoms with Crippen molar-refractivity contribution in [3.8, 4) is 5.75 Å². The number of ether oxygens (including phenoxy) is 1. The third kappa shape index (κ3) is 6.75. The van der Waals surface area contributed by atoms with E-state index in [1.807, 2.05) is 20.8 Å². The monoisotopic (exact) mass is 420 g/mol. The topological polar surface area (TPSA) is 58.6 Å². The minimum Gasteiger partial charge on any atom is -0.481 e. The van der Waals surface area contributed by atoms with E-state index in [0.29, 0.717) is 11.4 Å². The van der Waals surface area contributed by atoms with Crippen molar-refractivity contribution in [2.24, 2.45) is 0 Å². The van der Waals surface area contributed by atoms with Crippen LogP contribution in [0.15, 0.2) is 48.5 Å². The number of benzene rings is 2. The van der Waals surface area contributed by atoms with Gasteiger partial charge in [0.05, 0.1) is 0 Å². The number of amides is 2. The largest absolute Gasteiger partial charge is 0.481 e. The fourth-order valence-electron chi connectivity index (χ4n) is 2.87. The predicted octanol–water partition coefficient (Wildman–Crippen LogP) is 4.19. The van der Waals surface area contributed by atoms with Crippen LogP contribution in [0.3, 0.4) is 0 Å². The highest BCUT2D eigenvalue weighted by Crippen LogP contribution is 2.18. The summed E-state index contributed by atoms with van der Waals surface area (Å²) in [7, 11) is 0. The molecule has 2 aromatic carbocycles. The molecule has 2 aromatic rings. The van der Waals surface area contributed by atoms with Crippen molar-refractivity contribution in [1.29, 1.82) is 0 Å². The van der Waals surface area contributed by atoms with E-state index in [1.54, 1.807) is 36.4 Å². The molecule has 0 bridgehead atoms. The number of hydrogen-bond donors (Lipinski definition) is 1. The lowest BCUT2D eigenvalue weighted by atomic mass is 10.1. The van der Waals surface area contributed by atoms with Gasteiger partial charge in [-0.1, -0.05) is 42.8 Å². The average molecular weight is 421 g/mol. The Morgan fingerprint density at radius 1 is 1.14 bits per heavy atom. The van der Waals surface area contributed by atoms with Crippen molar-refractivity contribution >= 4 is 23.4 Å². The molecule has 1 unspecified atom stereocenters. The maximum atomic E-state index is 13.8. The number of hydrogen-bond acceptors (Lipinski definition) is 3. The molecule has 1 N–H and O–H groups in total. The highest BCUT2D eigenvalue weighted by molar-refractivity contribution is 6.30. The quantitative estimate of drug-likeness (QED) is 0.661. The van der Waals surface area contributed by atoms with Crippen LogP contribution in [0.5, 0.6) is 5.75 Å². The van der Waals surface area contributed by atoms with Gasteiger partial charge in [0.2, 0.25) is 5.91 Å². The van der Waals surface area contributed by atoms with E-state index in [0.717, 1.165) is 5.56 Å². The van der Waals surface area contributed by atoms with Crippen LogP contribution in [0.4, 0.5) is 4.39 Å². The maximum Gasteiger partial charge on any atom is 0.261 e. The summed E-state index contributed by atoms with van der Waals surface area (Å²) in [5.74, 6) is -1.20. The summed E-state index contributed by atoms with van der Waals surface area (Å²) in [5.41, 5.74) is 0.824. The van der Waals surface area contributed by atoms with Crippen molar-refractivity contribution in [2.75, 3.05) is 6.61 Å². The van der Waals surface area contributed by atoms with Gasteiger partial charge in [-0.05, 0) is 50.1 Å². The lowest BCUT2D eigenvalue weighted by Crippen LogP contribution is -2.51. The molecule has 0 aromatic heterocycles. The van der Waals surface area contributed by atoms with Gasteiger partial charge in [-0.15, -0.1) is 0 Å². The Bertz CT molecular complexity index is 827. The van der Waals surface area contributed by atoms with Gasteiger partial charge >= 0.3 is 0 Å². The van der Waals surface area contributed by atoms with Gasteiger partial charge in [-0.3, -0.25) is 9.59 Å². The molecule has 0 aliphatic carbocycles. The summed E-state index contributed by atoms with van der Waals surface area (Å²) in [6, 6.07) is 12.2. The average Bonchev–Trinajstić information content (AvgIpc) is 2.68. The van der Waals surface area contributed by atoms with Gasteiger partial charge in [0.1, 0.15) is 6.04 Å². The zero-order valence-electron chi connectivity index (χ0n) is 16.8. The van der Waals surface area contributed by atoms with Crippen LogP contribution in [-0.4, -0.2) is 35.4 Å². The number of para-hydroxylation sites is 1. The summed E-state index contributed by atoms with van der Waals surface area (Å²) in [5, 5.41) is 3.43. The van der Waals surface area contributed by atoms with E-state index < -0.39 is 17.8 Å². The zero-order chi connectivity index (χ0) is 21.4. The van der Waals surface area contributed by atoms with E-state index in [-0.39, 0.29) is 30.9 Å². The van der Waals surface area contributed by atoms with E-state index in [1.165, 1.54) is 17.0 Å². The van der Waals surface area contributed by atoms with Crippen LogP contribution in [-0.2, 0) is 16.1 Å². The summed E-state index contributed by atoms with van der Waals surface area (Å²) in [4.78, 5) is 27.1. The summed E-state index contributed by atoms with van der Waals surface area (Å²) < 4.78 is 19.2. The second-order valence-electron chi connectivity index (χ2n) is 6.95. The van der Waals surface area contributed by atoms with Crippen LogP contribution in [0.2, 0.25) is 5.02 Å². The lowest BCUT2D eigenvalue weighted by molar-refractivity contribution is -0.143. The van der Waals surface area contributed by atoms with E-state index in [9.17, 15) is 14.0 Å². The molecule has 0 radical (unpaired) electrons. The first-order chi connectivity index (χ1) is 13.8. The molecular formula is C22H26ClFN2O3. The molecule has 0 saturated heterocycles. The predicted molar refractivity (Wildman–Crippen MR) is 111 cm³/mol. The second kappa shape index (κ2) is 10.8. The molecule has 0 aliphatic rings. The van der Waals surface area contributed by atoms with Gasteiger partial charge in [0, 0.05) is 17.6 Å². The lowest BCUT2D eigenvalue weighted by Gasteiger charge is -2.31. The number of rotatable bonds is 9. The third-order valence-corrected chi connectivity index (χ3v) is 4.52. The molecule has 0 aliphatic heterocycles. The summed E-state index contributed by atoms with van der Waals surface area (Å²) >= 11 is 5.94. The highest BCUT2D eigenvalue weighted by Gasteiger charge is 2.29. The summed E-state index contributed by atoms with van der Waals surface area (Å²) in [6.45, 7) is 5.39. The van der Waals surface area contributed by atoms with Crippen LogP contribution >= 0.6 is 11.6 Å². The fraction of sp³-hybridized carbons (Fsp3) is 0.364. The highest BCUT2D eigenvalue weighted by atomic mass is 35.5. The maximum absolute atomic E-state index is 13.8. The van der Waals surface area contributed by atoms with Crippen molar-refractivity contribution in [3.63, 3.8) is 0 Å². The number of carbonyl (C=O) groups is 2. The standard InChI is InChI=1S/C22H26ClFN2O3/c1-4-19(22(28)25-15(2)3)26(13-16-9-11-17(23)12-10-16)21(27)14-29-20-8-6-5-7-18(20)24/h5-12,15,19H,4,13-14H2,1-3H3,(H,25,28). The first kappa shape index (κ1) is 22.7. The van der Waals surface area contributed by atoms with Gasteiger partial charge in [-0.2, -0.15) is 0 Å². The third-order valence-electron chi connectivity index (χ3n) is 4.27. The van der Waals surface area contributed by atoms with Crippen LogP contribution < -0.4 is 10.1 Å². The molecule has 1 atom stereocenters. The Balaban J connectivity index is 2.21. The van der Waals surface area contributed by atoms with Crippen molar-refractivity contribution in [1.82, 2.24) is 10.2 Å². The van der Waals surface area contributed by atoms with Crippen LogP contribution in [0.25, 0.3) is 0 Å². The number of nitrogens with zero attached hydrogens (tertiary/aromatic N) is 1. The Hall–Kier alpha value is -2.60. The minimum absolute atomic E-state index is 0.00743. The van der Waals surface area contributed by atoms with Gasteiger partial charge in [0.15, 0.2) is 18.2 Å². The van der Waals surface area contributed by atoms with Gasteiger partial charge in [0.25, 0.3) is 5.91 Å². The Kier molecular flexibility index (Phi) is 8.46. The Morgan fingerprint density at radius 2 is 1.79 bits per heavy atom. The molecule has 2 rings (SSSR count). The first-order valence-electron chi connectivity index (χ1n) is 9.53. The minimum atomic E-state index is -0.676. The molecule has 0 spiro atoms. The smallest absolute Gasteiger partial charge is 0.261 e. The normalized spacial score (nSPS) is 11.8. The summed E-state index contributed by atoms with van der Waals surface area (Å²) in [6.07, 6.45) is 0.428. The van der Waals surface area contributed by atoms with Gasteiger partial charge < -0.3 is 15.0 Å². The van der Waals surface area contributed by atoms with Crippen LogP contribution in [0, 0.1) is 5.82 Å². The molecular weight excluding hydrogens is 395 g/mol. The van der Waals surface area contributed by atoms with Crippen molar-refractivity contribution in [3.05, 3.63) is 64.9 Å². The van der Waals surface area contributed by atoms with Gasteiger partial charge in [-0.25, -0.2) is 4.39 Å². The molecule has 29 heavy (non-hydrogen) atoms. The second-order valence-corrected chi connectivity index (χ2v) is 7.39. The Morgan fingerprint density at radius 3 is 2.38 bits per heavy atom. The molecule has 0 saturated carbocycles. The van der Waals surface area contributed by atoms with E-state index >= 15 is 0 Å². The van der Waals surface area contributed by atoms with E-state index in [4.69, 9.17) is 16.3 Å². The molecule has 156 valence electrons. The first-order valence-corrected chi connectivity index (χ1v) is 9.91.